The summed E-state index contributed by atoms with van der Waals surface area (Å²) in [7, 11) is -2.24. The van der Waals surface area contributed by atoms with Crippen LogP contribution in [0.4, 0.5) is 0 Å². The molecule has 5 heteroatoms. The van der Waals surface area contributed by atoms with Crippen LogP contribution in [0.3, 0.4) is 0 Å². The van der Waals surface area contributed by atoms with Gasteiger partial charge in [-0.3, -0.25) is 4.79 Å². The summed E-state index contributed by atoms with van der Waals surface area (Å²) >= 11 is 0. The molecule has 0 fully saturated rings. The molecular weight excluding hydrogens is 252 g/mol. The molecular formula is C13H18O4S. The minimum absolute atomic E-state index is 0.133. The molecule has 1 unspecified atom stereocenters. The predicted molar refractivity (Wildman–Crippen MR) is 69.2 cm³/mol. The number of carbonyl (C=O) groups excluding carboxylic acids is 1. The SMILES string of the molecule is COC(=O)CC(C)S(=O)(=O)c1ccc(C)c(C)c1. The molecule has 1 rings (SSSR count). The summed E-state index contributed by atoms with van der Waals surface area (Å²) in [6.07, 6.45) is -0.133. The van der Waals surface area contributed by atoms with E-state index in [0.29, 0.717) is 0 Å². The van der Waals surface area contributed by atoms with Crippen LogP contribution >= 0.6 is 0 Å². The van der Waals surface area contributed by atoms with Gasteiger partial charge >= 0.3 is 5.97 Å². The summed E-state index contributed by atoms with van der Waals surface area (Å²) in [5.74, 6) is -0.519. The van der Waals surface area contributed by atoms with Crippen LogP contribution in [0.5, 0.6) is 0 Å². The van der Waals surface area contributed by atoms with E-state index in [1.807, 2.05) is 13.8 Å². The number of esters is 1. The summed E-state index contributed by atoms with van der Waals surface area (Å²) in [4.78, 5) is 11.4. The Kier molecular flexibility index (Phi) is 4.51. The topological polar surface area (TPSA) is 60.4 Å². The van der Waals surface area contributed by atoms with Gasteiger partial charge < -0.3 is 4.74 Å². The lowest BCUT2D eigenvalue weighted by Gasteiger charge is -2.13. The van der Waals surface area contributed by atoms with Gasteiger partial charge in [0.1, 0.15) is 0 Å². The van der Waals surface area contributed by atoms with E-state index in [4.69, 9.17) is 0 Å². The second kappa shape index (κ2) is 5.52. The highest BCUT2D eigenvalue weighted by Gasteiger charge is 2.26. The normalized spacial score (nSPS) is 13.1. The van der Waals surface area contributed by atoms with E-state index in [1.165, 1.54) is 14.0 Å². The first kappa shape index (κ1) is 14.7. The molecule has 1 aromatic rings. The number of methoxy groups -OCH3 is 1. The molecule has 0 aromatic heterocycles. The second-order valence-electron chi connectivity index (χ2n) is 4.38. The molecule has 0 radical (unpaired) electrons. The van der Waals surface area contributed by atoms with Gasteiger partial charge in [0.15, 0.2) is 9.84 Å². The third-order valence-corrected chi connectivity index (χ3v) is 5.16. The molecule has 1 atom stereocenters. The highest BCUT2D eigenvalue weighted by Crippen LogP contribution is 2.21. The van der Waals surface area contributed by atoms with Crippen LogP contribution in [0.2, 0.25) is 0 Å². The lowest BCUT2D eigenvalue weighted by atomic mass is 10.1. The smallest absolute Gasteiger partial charge is 0.306 e. The second-order valence-corrected chi connectivity index (χ2v) is 6.75. The van der Waals surface area contributed by atoms with Gasteiger partial charge in [-0.1, -0.05) is 6.07 Å². The maximum absolute atomic E-state index is 12.2. The Labute approximate surface area is 108 Å². The Bertz CT molecular complexity index is 546. The zero-order valence-electron chi connectivity index (χ0n) is 11.1. The summed E-state index contributed by atoms with van der Waals surface area (Å²) < 4.78 is 29.0. The van der Waals surface area contributed by atoms with Crippen molar-refractivity contribution in [1.29, 1.82) is 0 Å². The van der Waals surface area contributed by atoms with Crippen molar-refractivity contribution in [2.45, 2.75) is 37.3 Å². The van der Waals surface area contributed by atoms with E-state index >= 15 is 0 Å². The Morgan fingerprint density at radius 3 is 2.39 bits per heavy atom. The fourth-order valence-corrected chi connectivity index (χ4v) is 2.97. The molecule has 0 aliphatic heterocycles. The molecule has 0 N–H and O–H groups in total. The molecule has 0 heterocycles. The van der Waals surface area contributed by atoms with Crippen LogP contribution < -0.4 is 0 Å². The Morgan fingerprint density at radius 1 is 1.28 bits per heavy atom. The highest BCUT2D eigenvalue weighted by molar-refractivity contribution is 7.92. The number of hydrogen-bond acceptors (Lipinski definition) is 4. The first-order chi connectivity index (χ1) is 8.28. The monoisotopic (exact) mass is 270 g/mol. The maximum Gasteiger partial charge on any atom is 0.306 e. The fraction of sp³-hybridized carbons (Fsp3) is 0.462. The average molecular weight is 270 g/mol. The number of rotatable bonds is 4. The van der Waals surface area contributed by atoms with Crippen molar-refractivity contribution in [2.75, 3.05) is 7.11 Å². The van der Waals surface area contributed by atoms with Crippen molar-refractivity contribution in [3.8, 4) is 0 Å². The predicted octanol–water partition coefficient (Wildman–Crippen LogP) is 2.03. The molecule has 0 saturated carbocycles. The van der Waals surface area contributed by atoms with Gasteiger partial charge in [-0.15, -0.1) is 0 Å². The Balaban J connectivity index is 3.05. The van der Waals surface area contributed by atoms with Gasteiger partial charge in [-0.25, -0.2) is 8.42 Å². The third kappa shape index (κ3) is 3.10. The summed E-state index contributed by atoms with van der Waals surface area (Å²) in [5.41, 5.74) is 1.95. The molecule has 0 amide bonds. The number of benzene rings is 1. The summed E-state index contributed by atoms with van der Waals surface area (Å²) in [6, 6.07) is 4.98. The zero-order chi connectivity index (χ0) is 13.9. The summed E-state index contributed by atoms with van der Waals surface area (Å²) in [6.45, 7) is 5.30. The van der Waals surface area contributed by atoms with Gasteiger partial charge in [0.2, 0.25) is 0 Å². The zero-order valence-corrected chi connectivity index (χ0v) is 11.9. The molecule has 4 nitrogen and oxygen atoms in total. The van der Waals surface area contributed by atoms with Crippen LogP contribution in [0.1, 0.15) is 24.5 Å². The van der Waals surface area contributed by atoms with Crippen LogP contribution in [0, 0.1) is 13.8 Å². The van der Waals surface area contributed by atoms with E-state index < -0.39 is 21.1 Å². The number of ether oxygens (including phenoxy) is 1. The van der Waals surface area contributed by atoms with Gasteiger partial charge in [0, 0.05) is 0 Å². The lowest BCUT2D eigenvalue weighted by molar-refractivity contribution is -0.140. The van der Waals surface area contributed by atoms with E-state index in [-0.39, 0.29) is 11.3 Å². The number of hydrogen-bond donors (Lipinski definition) is 0. The number of aryl methyl sites for hydroxylation is 2. The largest absolute Gasteiger partial charge is 0.469 e. The molecule has 1 aromatic carbocycles. The van der Waals surface area contributed by atoms with Gasteiger partial charge in [0.05, 0.1) is 23.7 Å². The molecule has 0 aliphatic rings. The van der Waals surface area contributed by atoms with E-state index in [0.717, 1.165) is 11.1 Å². The van der Waals surface area contributed by atoms with Crippen molar-refractivity contribution < 1.29 is 17.9 Å². The van der Waals surface area contributed by atoms with E-state index in [2.05, 4.69) is 4.74 Å². The number of sulfone groups is 1. The molecule has 18 heavy (non-hydrogen) atoms. The first-order valence-electron chi connectivity index (χ1n) is 5.67. The molecule has 0 spiro atoms. The van der Waals surface area contributed by atoms with E-state index in [9.17, 15) is 13.2 Å². The third-order valence-electron chi connectivity index (χ3n) is 3.02. The average Bonchev–Trinajstić information content (AvgIpc) is 2.32. The lowest BCUT2D eigenvalue weighted by Crippen LogP contribution is -2.22. The number of carbonyl (C=O) groups is 1. The van der Waals surface area contributed by atoms with Crippen LogP contribution in [0.25, 0.3) is 0 Å². The molecule has 0 aliphatic carbocycles. The molecule has 100 valence electrons. The van der Waals surface area contributed by atoms with Crippen molar-refractivity contribution in [3.63, 3.8) is 0 Å². The quantitative estimate of drug-likeness (QED) is 0.785. The Hall–Kier alpha value is -1.36. The minimum Gasteiger partial charge on any atom is -0.469 e. The standard InChI is InChI=1S/C13H18O4S/c1-9-5-6-12(7-10(9)2)18(15,16)11(3)8-13(14)17-4/h5-7,11H,8H2,1-4H3. The Morgan fingerprint density at radius 2 is 1.89 bits per heavy atom. The van der Waals surface area contributed by atoms with Gasteiger partial charge in [-0.2, -0.15) is 0 Å². The molecule has 0 saturated heterocycles. The summed E-state index contributed by atoms with van der Waals surface area (Å²) in [5, 5.41) is -0.785. The van der Waals surface area contributed by atoms with Crippen LogP contribution in [0.15, 0.2) is 23.1 Å². The van der Waals surface area contributed by atoms with Crippen LogP contribution in [-0.2, 0) is 19.4 Å². The van der Waals surface area contributed by atoms with Crippen molar-refractivity contribution in [3.05, 3.63) is 29.3 Å². The highest BCUT2D eigenvalue weighted by atomic mass is 32.2. The maximum atomic E-state index is 12.2. The van der Waals surface area contributed by atoms with E-state index in [1.54, 1.807) is 18.2 Å². The van der Waals surface area contributed by atoms with Gasteiger partial charge in [-0.05, 0) is 44.0 Å². The van der Waals surface area contributed by atoms with Crippen molar-refractivity contribution in [2.24, 2.45) is 0 Å². The first-order valence-corrected chi connectivity index (χ1v) is 7.21. The van der Waals surface area contributed by atoms with Crippen LogP contribution in [-0.4, -0.2) is 26.7 Å². The molecule has 0 bridgehead atoms. The van der Waals surface area contributed by atoms with Crippen molar-refractivity contribution >= 4 is 15.8 Å². The minimum atomic E-state index is -3.48. The van der Waals surface area contributed by atoms with Crippen molar-refractivity contribution in [1.82, 2.24) is 0 Å². The van der Waals surface area contributed by atoms with Gasteiger partial charge in [0.25, 0.3) is 0 Å². The fourth-order valence-electron chi connectivity index (χ4n) is 1.55.